The Kier molecular flexibility index (Phi) is 8.22. The summed E-state index contributed by atoms with van der Waals surface area (Å²) in [7, 11) is -4.64. The van der Waals surface area contributed by atoms with Gasteiger partial charge in [-0.15, -0.1) is 0 Å². The smallest absolute Gasteiger partial charge is 0.184 e. The Balaban J connectivity index is 4.30. The molecule has 0 aromatic heterocycles. The average molecular weight is 341 g/mol. The molecule has 0 aliphatic rings. The Morgan fingerprint density at radius 1 is 0.526 bits per heavy atom. The minimum absolute atomic E-state index is 0.316. The molecular weight excluding hydrogens is 307 g/mol. The van der Waals surface area contributed by atoms with Gasteiger partial charge in [0.25, 0.3) is 0 Å². The summed E-state index contributed by atoms with van der Waals surface area (Å²) in [6.07, 6.45) is 2.50. The Morgan fingerprint density at radius 2 is 0.737 bits per heavy atom. The molecule has 0 amide bonds. The zero-order valence-corrected chi connectivity index (χ0v) is 18.2. The molecule has 3 nitrogen and oxygen atoms in total. The minimum Gasteiger partial charge on any atom is -0.413 e. The molecule has 0 rings (SSSR count). The molecule has 116 valence electrons. The van der Waals surface area contributed by atoms with Gasteiger partial charge >= 0.3 is 0 Å². The van der Waals surface area contributed by atoms with E-state index in [4.69, 9.17) is 13.3 Å². The third-order valence-corrected chi connectivity index (χ3v) is 7.28. The summed E-state index contributed by atoms with van der Waals surface area (Å²) < 4.78 is 18.2. The fraction of sp³-hybridized carbons (Fsp3) is 1.00. The standard InChI is InChI=1S/C12H33O3PSi3/c1-17(2,3)13-10-16(11-14-18(4,5)6)12-15-19(7,8)9/h10-12H2,1-9H3. The second-order valence-corrected chi connectivity index (χ2v) is 23.5. The minimum atomic E-state index is -1.44. The molecule has 0 aliphatic heterocycles. The molecule has 0 aromatic carbocycles. The summed E-state index contributed by atoms with van der Waals surface area (Å²) in [6, 6.07) is 0. The molecule has 0 aliphatic carbocycles. The van der Waals surface area contributed by atoms with Crippen molar-refractivity contribution in [2.45, 2.75) is 58.9 Å². The second kappa shape index (κ2) is 7.82. The van der Waals surface area contributed by atoms with Crippen molar-refractivity contribution in [3.05, 3.63) is 0 Å². The molecule has 0 N–H and O–H groups in total. The van der Waals surface area contributed by atoms with E-state index in [2.05, 4.69) is 58.9 Å². The van der Waals surface area contributed by atoms with Crippen LogP contribution in [0.2, 0.25) is 58.9 Å². The van der Waals surface area contributed by atoms with Gasteiger partial charge in [0, 0.05) is 0 Å². The first kappa shape index (κ1) is 20.0. The van der Waals surface area contributed by atoms with E-state index in [0.29, 0.717) is 0 Å². The Bertz CT molecular complexity index is 214. The van der Waals surface area contributed by atoms with Gasteiger partial charge in [-0.05, 0) is 66.8 Å². The molecule has 0 heterocycles. The van der Waals surface area contributed by atoms with Crippen molar-refractivity contribution in [2.75, 3.05) is 19.0 Å². The van der Waals surface area contributed by atoms with Gasteiger partial charge in [-0.2, -0.15) is 0 Å². The monoisotopic (exact) mass is 340 g/mol. The van der Waals surface area contributed by atoms with Gasteiger partial charge < -0.3 is 13.3 Å². The third kappa shape index (κ3) is 15.2. The van der Waals surface area contributed by atoms with Crippen LogP contribution in [-0.2, 0) is 13.3 Å². The highest BCUT2D eigenvalue weighted by Crippen LogP contribution is 2.38. The molecule has 0 saturated heterocycles. The highest BCUT2D eigenvalue weighted by molar-refractivity contribution is 7.57. The van der Waals surface area contributed by atoms with Crippen LogP contribution in [0.1, 0.15) is 0 Å². The molecule has 0 aromatic rings. The zero-order chi connectivity index (χ0) is 15.3. The summed E-state index contributed by atoms with van der Waals surface area (Å²) in [5.41, 5.74) is 0. The summed E-state index contributed by atoms with van der Waals surface area (Å²) in [5.74, 6) is 0. The second-order valence-electron chi connectivity index (χ2n) is 7.83. The largest absolute Gasteiger partial charge is 0.413 e. The van der Waals surface area contributed by atoms with Crippen molar-refractivity contribution < 1.29 is 13.3 Å². The van der Waals surface area contributed by atoms with E-state index in [1.165, 1.54) is 0 Å². The highest BCUT2D eigenvalue weighted by atomic mass is 31.1. The first-order valence-electron chi connectivity index (χ1n) is 6.93. The molecule has 0 spiro atoms. The molecule has 0 saturated carbocycles. The average Bonchev–Trinajstić information content (AvgIpc) is 2.11. The van der Waals surface area contributed by atoms with Crippen LogP contribution in [-0.4, -0.2) is 44.0 Å². The topological polar surface area (TPSA) is 27.7 Å². The fourth-order valence-corrected chi connectivity index (χ4v) is 8.03. The van der Waals surface area contributed by atoms with E-state index in [1.807, 2.05) is 0 Å². The lowest BCUT2D eigenvalue weighted by Crippen LogP contribution is -2.30. The van der Waals surface area contributed by atoms with E-state index in [1.54, 1.807) is 0 Å². The van der Waals surface area contributed by atoms with E-state index >= 15 is 0 Å². The van der Waals surface area contributed by atoms with Crippen molar-refractivity contribution in [2.24, 2.45) is 0 Å². The van der Waals surface area contributed by atoms with E-state index in [0.717, 1.165) is 19.0 Å². The van der Waals surface area contributed by atoms with Crippen LogP contribution in [0.25, 0.3) is 0 Å². The highest BCUT2D eigenvalue weighted by Gasteiger charge is 2.23. The van der Waals surface area contributed by atoms with Crippen molar-refractivity contribution in [3.8, 4) is 0 Å². The van der Waals surface area contributed by atoms with Crippen LogP contribution < -0.4 is 0 Å². The predicted octanol–water partition coefficient (Wildman–Crippen LogP) is 4.90. The zero-order valence-electron chi connectivity index (χ0n) is 14.3. The van der Waals surface area contributed by atoms with Crippen LogP contribution in [0.3, 0.4) is 0 Å². The van der Waals surface area contributed by atoms with Gasteiger partial charge in [0.15, 0.2) is 25.0 Å². The van der Waals surface area contributed by atoms with Gasteiger partial charge in [0.05, 0.1) is 19.0 Å². The van der Waals surface area contributed by atoms with Crippen LogP contribution in [0, 0.1) is 0 Å². The van der Waals surface area contributed by atoms with Crippen molar-refractivity contribution in [1.29, 1.82) is 0 Å². The van der Waals surface area contributed by atoms with Gasteiger partial charge in [0.2, 0.25) is 0 Å². The Hall–Kier alpha value is 0.961. The van der Waals surface area contributed by atoms with Crippen LogP contribution in [0.15, 0.2) is 0 Å². The maximum absolute atomic E-state index is 6.06. The molecule has 19 heavy (non-hydrogen) atoms. The van der Waals surface area contributed by atoms with Crippen molar-refractivity contribution >= 4 is 32.9 Å². The Morgan fingerprint density at radius 3 is 0.895 bits per heavy atom. The van der Waals surface area contributed by atoms with E-state index < -0.39 is 25.0 Å². The Labute approximate surface area is 124 Å². The SMILES string of the molecule is C[Si](C)(C)OCP(CO[Si](C)(C)C)CO[Si](C)(C)C. The normalized spacial score (nSPS) is 14.2. The fourth-order valence-electron chi connectivity index (χ4n) is 0.967. The lowest BCUT2D eigenvalue weighted by atomic mass is 11.6. The summed E-state index contributed by atoms with van der Waals surface area (Å²) >= 11 is 0. The first-order valence-corrected chi connectivity index (χ1v) is 19.0. The number of hydrogen-bond acceptors (Lipinski definition) is 3. The van der Waals surface area contributed by atoms with E-state index in [9.17, 15) is 0 Å². The number of rotatable bonds is 9. The lowest BCUT2D eigenvalue weighted by Gasteiger charge is -2.28. The molecule has 7 heteroatoms. The van der Waals surface area contributed by atoms with Gasteiger partial charge in [-0.25, -0.2) is 0 Å². The van der Waals surface area contributed by atoms with Crippen LogP contribution in [0.5, 0.6) is 0 Å². The quantitative estimate of drug-likeness (QED) is 0.441. The molecular formula is C12H33O3PSi3. The summed E-state index contributed by atoms with van der Waals surface area (Å²) in [6.45, 7) is 20.1. The van der Waals surface area contributed by atoms with Gasteiger partial charge in [0.1, 0.15) is 0 Å². The molecule has 0 unspecified atom stereocenters. The predicted molar refractivity (Wildman–Crippen MR) is 94.8 cm³/mol. The summed E-state index contributed by atoms with van der Waals surface area (Å²) in [5, 5.41) is 0. The molecule has 0 atom stereocenters. The molecule has 0 fully saturated rings. The van der Waals surface area contributed by atoms with Crippen LogP contribution >= 0.6 is 7.92 Å². The van der Waals surface area contributed by atoms with Crippen LogP contribution in [0.4, 0.5) is 0 Å². The maximum atomic E-state index is 6.06. The maximum Gasteiger partial charge on any atom is 0.184 e. The number of hydrogen-bond donors (Lipinski definition) is 0. The molecule has 0 radical (unpaired) electrons. The lowest BCUT2D eigenvalue weighted by molar-refractivity contribution is 0.336. The first-order chi connectivity index (χ1) is 8.29. The van der Waals surface area contributed by atoms with Gasteiger partial charge in [-0.1, -0.05) is 0 Å². The molecule has 0 bridgehead atoms. The van der Waals surface area contributed by atoms with Crippen molar-refractivity contribution in [1.82, 2.24) is 0 Å². The summed E-state index contributed by atoms with van der Waals surface area (Å²) in [4.78, 5) is 0. The van der Waals surface area contributed by atoms with Crippen molar-refractivity contribution in [3.63, 3.8) is 0 Å². The van der Waals surface area contributed by atoms with Gasteiger partial charge in [-0.3, -0.25) is 0 Å². The third-order valence-electron chi connectivity index (χ3n) is 2.04. The van der Waals surface area contributed by atoms with E-state index in [-0.39, 0.29) is 7.92 Å².